The molecule has 1 N–H and O–H groups in total. The molecule has 2 aromatic heterocycles. The van der Waals surface area contributed by atoms with Gasteiger partial charge in [0.25, 0.3) is 5.56 Å². The van der Waals surface area contributed by atoms with Gasteiger partial charge in [0.2, 0.25) is 0 Å². The minimum absolute atomic E-state index is 0.109. The molecule has 0 atom stereocenters. The van der Waals surface area contributed by atoms with Gasteiger partial charge in [-0.15, -0.1) is 11.3 Å². The van der Waals surface area contributed by atoms with Gasteiger partial charge in [-0.1, -0.05) is 29.8 Å². The maximum absolute atomic E-state index is 12.9. The van der Waals surface area contributed by atoms with E-state index in [1.807, 2.05) is 24.3 Å². The van der Waals surface area contributed by atoms with E-state index < -0.39 is 0 Å². The van der Waals surface area contributed by atoms with Gasteiger partial charge in [-0.05, 0) is 42.5 Å². The van der Waals surface area contributed by atoms with Crippen molar-refractivity contribution in [3.05, 3.63) is 68.7 Å². The highest BCUT2D eigenvalue weighted by molar-refractivity contribution is 7.71. The monoisotopic (exact) mass is 344 g/mol. The average molecular weight is 345 g/mol. The number of halogens is 1. The summed E-state index contributed by atoms with van der Waals surface area (Å²) in [6.07, 6.45) is 0. The fraction of sp³-hybridized carbons (Fsp3) is 0. The van der Waals surface area contributed by atoms with Crippen LogP contribution < -0.4 is 5.56 Å². The SMILES string of the molecule is O=c1c2sc3ccccc3c2[nH]c(=S)n1-c1ccc(Cl)cc1. The van der Waals surface area contributed by atoms with E-state index in [-0.39, 0.29) is 5.56 Å². The Morgan fingerprint density at radius 1 is 1.09 bits per heavy atom. The average Bonchev–Trinajstić information content (AvgIpc) is 2.88. The van der Waals surface area contributed by atoms with Gasteiger partial charge in [0.1, 0.15) is 4.70 Å². The normalized spacial score (nSPS) is 11.3. The summed E-state index contributed by atoms with van der Waals surface area (Å²) in [5, 5.41) is 1.64. The van der Waals surface area contributed by atoms with Gasteiger partial charge in [-0.3, -0.25) is 9.36 Å². The van der Waals surface area contributed by atoms with E-state index in [4.69, 9.17) is 23.8 Å². The predicted molar refractivity (Wildman–Crippen MR) is 95.1 cm³/mol. The molecule has 0 aliphatic carbocycles. The molecule has 0 fully saturated rings. The number of hydrogen-bond acceptors (Lipinski definition) is 3. The van der Waals surface area contributed by atoms with Gasteiger partial charge in [-0.25, -0.2) is 0 Å². The molecule has 4 aromatic rings. The van der Waals surface area contributed by atoms with Crippen molar-refractivity contribution in [3.8, 4) is 5.69 Å². The first-order valence-electron chi connectivity index (χ1n) is 6.58. The zero-order valence-corrected chi connectivity index (χ0v) is 13.6. The van der Waals surface area contributed by atoms with Crippen LogP contribution in [0.25, 0.3) is 26.0 Å². The largest absolute Gasteiger partial charge is 0.330 e. The van der Waals surface area contributed by atoms with E-state index in [9.17, 15) is 4.79 Å². The topological polar surface area (TPSA) is 37.8 Å². The zero-order chi connectivity index (χ0) is 15.3. The standard InChI is InChI=1S/C16H9ClN2OS2/c17-9-5-7-10(8-6-9)19-15(20)14-13(18-16(19)21)11-3-1-2-4-12(11)22-14/h1-8H,(H,18,21). The van der Waals surface area contributed by atoms with Crippen LogP contribution in [0.1, 0.15) is 0 Å². The van der Waals surface area contributed by atoms with Crippen molar-refractivity contribution >= 4 is 55.5 Å². The molecule has 0 spiro atoms. The molecule has 0 amide bonds. The zero-order valence-electron chi connectivity index (χ0n) is 11.2. The Morgan fingerprint density at radius 3 is 2.59 bits per heavy atom. The highest BCUT2D eigenvalue weighted by Gasteiger charge is 2.12. The van der Waals surface area contributed by atoms with Gasteiger partial charge < -0.3 is 4.98 Å². The Kier molecular flexibility index (Phi) is 3.14. The molecule has 0 saturated carbocycles. The summed E-state index contributed by atoms with van der Waals surface area (Å²) in [5.41, 5.74) is 1.40. The minimum atomic E-state index is -0.109. The van der Waals surface area contributed by atoms with Crippen LogP contribution in [0.15, 0.2) is 53.3 Å². The lowest BCUT2D eigenvalue weighted by molar-refractivity contribution is 0.944. The molecule has 4 rings (SSSR count). The fourth-order valence-electron chi connectivity index (χ4n) is 2.50. The summed E-state index contributed by atoms with van der Waals surface area (Å²) >= 11 is 12.8. The third-order valence-electron chi connectivity index (χ3n) is 3.51. The number of nitrogens with one attached hydrogen (secondary N) is 1. The van der Waals surface area contributed by atoms with Crippen molar-refractivity contribution in [2.24, 2.45) is 0 Å². The summed E-state index contributed by atoms with van der Waals surface area (Å²) in [6, 6.07) is 15.0. The van der Waals surface area contributed by atoms with Crippen molar-refractivity contribution in [1.82, 2.24) is 9.55 Å². The number of hydrogen-bond donors (Lipinski definition) is 1. The lowest BCUT2D eigenvalue weighted by atomic mass is 10.2. The number of rotatable bonds is 1. The number of aromatic amines is 1. The van der Waals surface area contributed by atoms with Gasteiger partial charge in [0, 0.05) is 15.1 Å². The van der Waals surface area contributed by atoms with Crippen LogP contribution >= 0.6 is 35.2 Å². The number of nitrogens with zero attached hydrogens (tertiary/aromatic N) is 1. The van der Waals surface area contributed by atoms with E-state index >= 15 is 0 Å². The summed E-state index contributed by atoms with van der Waals surface area (Å²) in [5.74, 6) is 0. The Hall–Kier alpha value is -1.95. The summed E-state index contributed by atoms with van der Waals surface area (Å²) < 4.78 is 3.62. The Labute approximate surface area is 139 Å². The van der Waals surface area contributed by atoms with Crippen molar-refractivity contribution in [2.45, 2.75) is 0 Å². The second kappa shape index (κ2) is 5.05. The van der Waals surface area contributed by atoms with Crippen molar-refractivity contribution in [2.75, 3.05) is 0 Å². The molecular formula is C16H9ClN2OS2. The molecule has 2 aromatic carbocycles. The van der Waals surface area contributed by atoms with E-state index in [0.29, 0.717) is 20.2 Å². The highest BCUT2D eigenvalue weighted by Crippen LogP contribution is 2.30. The third kappa shape index (κ3) is 2.01. The molecule has 0 radical (unpaired) electrons. The first kappa shape index (κ1) is 13.7. The molecule has 0 aliphatic rings. The molecule has 0 unspecified atom stereocenters. The summed E-state index contributed by atoms with van der Waals surface area (Å²) in [6.45, 7) is 0. The fourth-order valence-corrected chi connectivity index (χ4v) is 4.01. The molecule has 3 nitrogen and oxygen atoms in total. The van der Waals surface area contributed by atoms with Crippen LogP contribution in [0.4, 0.5) is 0 Å². The quantitative estimate of drug-likeness (QED) is 0.498. The van der Waals surface area contributed by atoms with Gasteiger partial charge in [0.15, 0.2) is 4.77 Å². The van der Waals surface area contributed by atoms with Crippen molar-refractivity contribution in [3.63, 3.8) is 0 Å². The number of fused-ring (bicyclic) bond motifs is 3. The lowest BCUT2D eigenvalue weighted by Crippen LogP contribution is -2.19. The third-order valence-corrected chi connectivity index (χ3v) is 5.21. The number of aromatic nitrogens is 2. The van der Waals surface area contributed by atoms with Gasteiger partial charge in [0.05, 0.1) is 11.2 Å². The molecule has 6 heteroatoms. The molecule has 0 saturated heterocycles. The maximum atomic E-state index is 12.9. The lowest BCUT2D eigenvalue weighted by Gasteiger charge is -2.06. The van der Waals surface area contributed by atoms with E-state index in [2.05, 4.69) is 4.98 Å². The van der Waals surface area contributed by atoms with Crippen LogP contribution in [0.3, 0.4) is 0 Å². The molecule has 0 bridgehead atoms. The molecule has 0 aliphatic heterocycles. The van der Waals surface area contributed by atoms with Crippen molar-refractivity contribution < 1.29 is 0 Å². The van der Waals surface area contributed by atoms with E-state index in [1.54, 1.807) is 24.3 Å². The molecule has 22 heavy (non-hydrogen) atoms. The summed E-state index contributed by atoms with van der Waals surface area (Å²) in [4.78, 5) is 16.0. The van der Waals surface area contributed by atoms with Gasteiger partial charge >= 0.3 is 0 Å². The van der Waals surface area contributed by atoms with E-state index in [0.717, 1.165) is 15.6 Å². The van der Waals surface area contributed by atoms with Crippen molar-refractivity contribution in [1.29, 1.82) is 0 Å². The van der Waals surface area contributed by atoms with Crippen LogP contribution in [0, 0.1) is 4.77 Å². The van der Waals surface area contributed by atoms with Crippen LogP contribution in [-0.4, -0.2) is 9.55 Å². The van der Waals surface area contributed by atoms with Gasteiger partial charge in [-0.2, -0.15) is 0 Å². The summed E-state index contributed by atoms with van der Waals surface area (Å²) in [7, 11) is 0. The number of H-pyrrole nitrogens is 1. The highest BCUT2D eigenvalue weighted by atomic mass is 35.5. The van der Waals surface area contributed by atoms with E-state index in [1.165, 1.54) is 15.9 Å². The first-order chi connectivity index (χ1) is 10.6. The minimum Gasteiger partial charge on any atom is -0.330 e. The van der Waals surface area contributed by atoms with Crippen LogP contribution in [0.2, 0.25) is 5.02 Å². The Morgan fingerprint density at radius 2 is 1.82 bits per heavy atom. The Balaban J connectivity index is 2.13. The smallest absolute Gasteiger partial charge is 0.276 e. The second-order valence-corrected chi connectivity index (χ2v) is 6.72. The molecular weight excluding hydrogens is 336 g/mol. The first-order valence-corrected chi connectivity index (χ1v) is 8.18. The van der Waals surface area contributed by atoms with Crippen LogP contribution in [0.5, 0.6) is 0 Å². The number of benzene rings is 2. The second-order valence-electron chi connectivity index (χ2n) is 4.85. The molecule has 108 valence electrons. The Bertz CT molecular complexity index is 1120. The molecule has 2 heterocycles. The van der Waals surface area contributed by atoms with Crippen LogP contribution in [-0.2, 0) is 0 Å². The maximum Gasteiger partial charge on any atom is 0.276 e. The number of thiophene rings is 1. The predicted octanol–water partition coefficient (Wildman–Crippen LogP) is 4.92.